The Balaban J connectivity index is 1.98. The Bertz CT molecular complexity index is 792. The zero-order chi connectivity index (χ0) is 20.0. The number of methoxy groups -OCH3 is 1. The van der Waals surface area contributed by atoms with Crippen LogP contribution < -0.4 is 10.1 Å². The van der Waals surface area contributed by atoms with Gasteiger partial charge in [0.1, 0.15) is 5.75 Å². The summed E-state index contributed by atoms with van der Waals surface area (Å²) in [5, 5.41) is 3.85. The number of benzene rings is 2. The van der Waals surface area contributed by atoms with Crippen molar-refractivity contribution in [3.63, 3.8) is 0 Å². The average Bonchev–Trinajstić information content (AvgIpc) is 2.62. The van der Waals surface area contributed by atoms with E-state index in [1.165, 1.54) is 0 Å². The smallest absolute Gasteiger partial charge is 0.230 e. The van der Waals surface area contributed by atoms with E-state index in [9.17, 15) is 4.79 Å². The van der Waals surface area contributed by atoms with Gasteiger partial charge in [-0.2, -0.15) is 0 Å². The standard InChI is InChI=1S/C22H28ClNO2S/c1-14(2)18-11-19(15(3)10-21(18)26-5)16(4)24-22(25)13-27-12-17-8-6-7-9-20(17)23/h6-11,14,16H,12-13H2,1-5H3,(H,24,25)/t16-/m0/s1. The second kappa shape index (κ2) is 10.0. The zero-order valence-corrected chi connectivity index (χ0v) is 18.2. The molecule has 27 heavy (non-hydrogen) atoms. The predicted octanol–water partition coefficient (Wildman–Crippen LogP) is 5.89. The maximum absolute atomic E-state index is 12.4. The van der Waals surface area contributed by atoms with Crippen molar-refractivity contribution in [3.05, 3.63) is 63.7 Å². The molecule has 0 aliphatic rings. The van der Waals surface area contributed by atoms with Crippen LogP contribution >= 0.6 is 23.4 Å². The fraction of sp³-hybridized carbons (Fsp3) is 0.409. The molecular weight excluding hydrogens is 378 g/mol. The van der Waals surface area contributed by atoms with Crippen LogP contribution in [-0.2, 0) is 10.5 Å². The molecule has 0 aromatic heterocycles. The minimum absolute atomic E-state index is 0.0286. The van der Waals surface area contributed by atoms with Gasteiger partial charge in [0.15, 0.2) is 0 Å². The quantitative estimate of drug-likeness (QED) is 0.594. The Morgan fingerprint density at radius 1 is 1.19 bits per heavy atom. The number of carbonyl (C=O) groups excluding carboxylic acids is 1. The van der Waals surface area contributed by atoms with Crippen LogP contribution in [0.2, 0.25) is 5.02 Å². The number of carbonyl (C=O) groups is 1. The molecule has 2 aromatic rings. The number of amides is 1. The van der Waals surface area contributed by atoms with Gasteiger partial charge >= 0.3 is 0 Å². The molecule has 0 spiro atoms. The van der Waals surface area contributed by atoms with Crippen molar-refractivity contribution in [2.24, 2.45) is 0 Å². The monoisotopic (exact) mass is 405 g/mol. The topological polar surface area (TPSA) is 38.3 Å². The lowest BCUT2D eigenvalue weighted by molar-refractivity contribution is -0.119. The second-order valence-corrected chi connectivity index (χ2v) is 8.37. The van der Waals surface area contributed by atoms with Crippen LogP contribution in [0.1, 0.15) is 55.0 Å². The predicted molar refractivity (Wildman–Crippen MR) is 116 cm³/mol. The van der Waals surface area contributed by atoms with Crippen molar-refractivity contribution in [1.29, 1.82) is 0 Å². The summed E-state index contributed by atoms with van der Waals surface area (Å²) >= 11 is 7.73. The highest BCUT2D eigenvalue weighted by Gasteiger charge is 2.17. The molecule has 2 aromatic carbocycles. The van der Waals surface area contributed by atoms with Gasteiger partial charge in [-0.3, -0.25) is 4.79 Å². The third-order valence-electron chi connectivity index (χ3n) is 4.53. The Kier molecular flexibility index (Phi) is 8.06. The Hall–Kier alpha value is -1.65. The highest BCUT2D eigenvalue weighted by Crippen LogP contribution is 2.32. The van der Waals surface area contributed by atoms with Gasteiger partial charge < -0.3 is 10.1 Å². The molecule has 0 unspecified atom stereocenters. The van der Waals surface area contributed by atoms with Crippen LogP contribution in [-0.4, -0.2) is 18.8 Å². The number of hydrogen-bond donors (Lipinski definition) is 1. The van der Waals surface area contributed by atoms with E-state index in [1.807, 2.05) is 31.2 Å². The lowest BCUT2D eigenvalue weighted by Gasteiger charge is -2.21. The van der Waals surface area contributed by atoms with Gasteiger partial charge in [0.05, 0.1) is 18.9 Å². The van der Waals surface area contributed by atoms with Gasteiger partial charge in [-0.15, -0.1) is 11.8 Å². The molecule has 0 aliphatic carbocycles. The molecule has 0 saturated carbocycles. The van der Waals surface area contributed by atoms with E-state index in [-0.39, 0.29) is 11.9 Å². The summed E-state index contributed by atoms with van der Waals surface area (Å²) in [4.78, 5) is 12.4. The Morgan fingerprint density at radius 3 is 2.52 bits per heavy atom. The lowest BCUT2D eigenvalue weighted by atomic mass is 9.93. The molecule has 1 atom stereocenters. The highest BCUT2D eigenvalue weighted by atomic mass is 35.5. The highest BCUT2D eigenvalue weighted by molar-refractivity contribution is 7.99. The SMILES string of the molecule is COc1cc(C)c([C@H](C)NC(=O)CSCc2ccccc2Cl)cc1C(C)C. The van der Waals surface area contributed by atoms with Gasteiger partial charge in [-0.25, -0.2) is 0 Å². The van der Waals surface area contributed by atoms with Crippen LogP contribution in [0.25, 0.3) is 0 Å². The molecule has 0 radical (unpaired) electrons. The summed E-state index contributed by atoms with van der Waals surface area (Å²) in [6.07, 6.45) is 0. The van der Waals surface area contributed by atoms with E-state index in [1.54, 1.807) is 18.9 Å². The van der Waals surface area contributed by atoms with Gasteiger partial charge in [0.2, 0.25) is 5.91 Å². The maximum Gasteiger partial charge on any atom is 0.230 e. The minimum atomic E-state index is -0.0539. The van der Waals surface area contributed by atoms with Crippen molar-refractivity contribution in [2.75, 3.05) is 12.9 Å². The summed E-state index contributed by atoms with van der Waals surface area (Å²) in [7, 11) is 1.70. The van der Waals surface area contributed by atoms with Crippen LogP contribution in [0, 0.1) is 6.92 Å². The van der Waals surface area contributed by atoms with Crippen molar-refractivity contribution in [1.82, 2.24) is 5.32 Å². The molecule has 0 heterocycles. The van der Waals surface area contributed by atoms with E-state index >= 15 is 0 Å². The van der Waals surface area contributed by atoms with E-state index in [0.29, 0.717) is 11.7 Å². The molecule has 1 N–H and O–H groups in total. The van der Waals surface area contributed by atoms with E-state index in [4.69, 9.17) is 16.3 Å². The lowest BCUT2D eigenvalue weighted by Crippen LogP contribution is -2.28. The van der Waals surface area contributed by atoms with Crippen LogP contribution in [0.3, 0.4) is 0 Å². The van der Waals surface area contributed by atoms with Gasteiger partial charge in [0, 0.05) is 10.8 Å². The van der Waals surface area contributed by atoms with Crippen molar-refractivity contribution < 1.29 is 9.53 Å². The summed E-state index contributed by atoms with van der Waals surface area (Å²) in [6.45, 7) is 8.36. The first kappa shape index (κ1) is 21.6. The van der Waals surface area contributed by atoms with Gasteiger partial charge in [0.25, 0.3) is 0 Å². The minimum Gasteiger partial charge on any atom is -0.496 e. The molecule has 0 bridgehead atoms. The fourth-order valence-electron chi connectivity index (χ4n) is 3.04. The van der Waals surface area contributed by atoms with E-state index < -0.39 is 0 Å². The maximum atomic E-state index is 12.4. The fourth-order valence-corrected chi connectivity index (χ4v) is 4.16. The number of ether oxygens (including phenoxy) is 1. The molecule has 5 heteroatoms. The van der Waals surface area contributed by atoms with Crippen molar-refractivity contribution in [2.45, 2.75) is 45.4 Å². The number of thioether (sulfide) groups is 1. The first-order valence-electron chi connectivity index (χ1n) is 9.12. The van der Waals surface area contributed by atoms with Crippen molar-refractivity contribution in [3.8, 4) is 5.75 Å². The van der Waals surface area contributed by atoms with Crippen LogP contribution in [0.15, 0.2) is 36.4 Å². The summed E-state index contributed by atoms with van der Waals surface area (Å²) < 4.78 is 5.51. The van der Waals surface area contributed by atoms with Gasteiger partial charge in [-0.05, 0) is 60.2 Å². The van der Waals surface area contributed by atoms with Gasteiger partial charge in [-0.1, -0.05) is 43.6 Å². The van der Waals surface area contributed by atoms with E-state index in [0.717, 1.165) is 38.8 Å². The third kappa shape index (κ3) is 5.91. The third-order valence-corrected chi connectivity index (χ3v) is 5.88. The number of aryl methyl sites for hydroxylation is 1. The number of hydrogen-bond acceptors (Lipinski definition) is 3. The number of nitrogens with one attached hydrogen (secondary N) is 1. The molecule has 0 fully saturated rings. The molecule has 0 aliphatic heterocycles. The molecule has 2 rings (SSSR count). The van der Waals surface area contributed by atoms with Crippen LogP contribution in [0.4, 0.5) is 0 Å². The largest absolute Gasteiger partial charge is 0.496 e. The zero-order valence-electron chi connectivity index (χ0n) is 16.6. The van der Waals surface area contributed by atoms with Crippen LogP contribution in [0.5, 0.6) is 5.75 Å². The molecule has 0 saturated heterocycles. The normalized spacial score (nSPS) is 12.1. The first-order chi connectivity index (χ1) is 12.8. The Labute approximate surface area is 171 Å². The molecular formula is C22H28ClNO2S. The second-order valence-electron chi connectivity index (χ2n) is 6.98. The number of halogens is 1. The van der Waals surface area contributed by atoms with E-state index in [2.05, 4.69) is 38.2 Å². The molecule has 1 amide bonds. The summed E-state index contributed by atoms with van der Waals surface area (Å²) in [5.41, 5.74) is 4.46. The number of rotatable bonds is 8. The Morgan fingerprint density at radius 2 is 1.89 bits per heavy atom. The average molecular weight is 406 g/mol. The summed E-state index contributed by atoms with van der Waals surface area (Å²) in [6, 6.07) is 11.9. The first-order valence-corrected chi connectivity index (χ1v) is 10.7. The molecule has 146 valence electrons. The molecule has 3 nitrogen and oxygen atoms in total. The summed E-state index contributed by atoms with van der Waals surface area (Å²) in [5.74, 6) is 2.41. The van der Waals surface area contributed by atoms with Crippen molar-refractivity contribution >= 4 is 29.3 Å².